The molecule has 0 unspecified atom stereocenters. The van der Waals surface area contributed by atoms with Crippen molar-refractivity contribution in [2.45, 2.75) is 33.3 Å². The number of ether oxygens (including phenoxy) is 1. The van der Waals surface area contributed by atoms with E-state index in [-0.39, 0.29) is 0 Å². The lowest BCUT2D eigenvalue weighted by molar-refractivity contribution is -0.145. The molecule has 0 aliphatic rings. The molecule has 0 aliphatic carbocycles. The van der Waals surface area contributed by atoms with Crippen LogP contribution in [0.15, 0.2) is 42.5 Å². The summed E-state index contributed by atoms with van der Waals surface area (Å²) in [5, 5.41) is 9.35. The topological polar surface area (TPSA) is 46.5 Å². The largest absolute Gasteiger partial charge is 0.478 e. The molecule has 1 N–H and O–H groups in total. The van der Waals surface area contributed by atoms with Crippen LogP contribution >= 0.6 is 0 Å². The van der Waals surface area contributed by atoms with Crippen LogP contribution < -0.4 is 4.74 Å². The van der Waals surface area contributed by atoms with Crippen molar-refractivity contribution < 1.29 is 14.6 Å². The zero-order valence-corrected chi connectivity index (χ0v) is 12.6. The van der Waals surface area contributed by atoms with E-state index in [0.29, 0.717) is 12.2 Å². The van der Waals surface area contributed by atoms with Gasteiger partial charge < -0.3 is 9.84 Å². The van der Waals surface area contributed by atoms with Gasteiger partial charge in [-0.25, -0.2) is 4.79 Å². The maximum atomic E-state index is 11.4. The van der Waals surface area contributed by atoms with E-state index in [2.05, 4.69) is 0 Å². The molecule has 0 bridgehead atoms. The molecule has 0 fully saturated rings. The lowest BCUT2D eigenvalue weighted by Crippen LogP contribution is -2.29. The van der Waals surface area contributed by atoms with Crippen molar-refractivity contribution in [2.75, 3.05) is 0 Å². The predicted octanol–water partition coefficient (Wildman–Crippen LogP) is 3.69. The fourth-order valence-electron chi connectivity index (χ4n) is 2.11. The molecule has 21 heavy (non-hydrogen) atoms. The van der Waals surface area contributed by atoms with E-state index in [9.17, 15) is 9.90 Å². The van der Waals surface area contributed by atoms with Crippen LogP contribution in [0.1, 0.15) is 22.3 Å². The highest BCUT2D eigenvalue weighted by Crippen LogP contribution is 2.17. The second kappa shape index (κ2) is 6.44. The highest BCUT2D eigenvalue weighted by Gasteiger charge is 2.20. The third kappa shape index (κ3) is 4.09. The maximum absolute atomic E-state index is 11.4. The molecular formula is C18H20O3. The number of hydrogen-bond acceptors (Lipinski definition) is 2. The second-order valence-electron chi connectivity index (χ2n) is 5.38. The predicted molar refractivity (Wildman–Crippen MR) is 82.9 cm³/mol. The van der Waals surface area contributed by atoms with Gasteiger partial charge in [-0.15, -0.1) is 0 Å². The third-order valence-electron chi connectivity index (χ3n) is 3.57. The minimum absolute atomic E-state index is 0.352. The first kappa shape index (κ1) is 15.1. The second-order valence-corrected chi connectivity index (χ2v) is 5.38. The molecule has 0 saturated carbocycles. The summed E-state index contributed by atoms with van der Waals surface area (Å²) in [7, 11) is 0. The lowest BCUT2D eigenvalue weighted by atomic mass is 10.0. The number of aryl methyl sites for hydroxylation is 3. The van der Waals surface area contributed by atoms with Crippen LogP contribution in [0, 0.1) is 20.8 Å². The maximum Gasteiger partial charge on any atom is 0.345 e. The van der Waals surface area contributed by atoms with Crippen molar-refractivity contribution in [3.8, 4) is 5.75 Å². The molecule has 0 saturated heterocycles. The third-order valence-corrected chi connectivity index (χ3v) is 3.57. The molecule has 0 aliphatic heterocycles. The molecule has 3 nitrogen and oxygen atoms in total. The first-order chi connectivity index (χ1) is 9.95. The van der Waals surface area contributed by atoms with E-state index < -0.39 is 12.1 Å². The van der Waals surface area contributed by atoms with Crippen molar-refractivity contribution in [2.24, 2.45) is 0 Å². The molecule has 1 atom stereocenters. The van der Waals surface area contributed by atoms with Crippen molar-refractivity contribution in [3.05, 3.63) is 64.7 Å². The summed E-state index contributed by atoms with van der Waals surface area (Å²) in [5.41, 5.74) is 4.44. The summed E-state index contributed by atoms with van der Waals surface area (Å²) in [4.78, 5) is 11.4. The molecule has 0 heterocycles. The quantitative estimate of drug-likeness (QED) is 0.911. The van der Waals surface area contributed by atoms with Crippen LogP contribution in [0.4, 0.5) is 0 Å². The highest BCUT2D eigenvalue weighted by molar-refractivity contribution is 5.73. The van der Waals surface area contributed by atoms with Gasteiger partial charge in [-0.05, 0) is 49.6 Å². The molecule has 2 aromatic rings. The number of carboxylic acid groups (broad SMARTS) is 1. The van der Waals surface area contributed by atoms with E-state index in [1.807, 2.05) is 51.1 Å². The molecule has 0 radical (unpaired) electrons. The van der Waals surface area contributed by atoms with Crippen LogP contribution in [0.2, 0.25) is 0 Å². The van der Waals surface area contributed by atoms with Gasteiger partial charge in [-0.1, -0.05) is 35.9 Å². The fourth-order valence-corrected chi connectivity index (χ4v) is 2.11. The van der Waals surface area contributed by atoms with Crippen LogP contribution in [0.5, 0.6) is 5.75 Å². The van der Waals surface area contributed by atoms with E-state index in [1.165, 1.54) is 5.56 Å². The Hall–Kier alpha value is -2.29. The monoisotopic (exact) mass is 284 g/mol. The van der Waals surface area contributed by atoms with Gasteiger partial charge in [0, 0.05) is 6.42 Å². The Balaban J connectivity index is 2.13. The van der Waals surface area contributed by atoms with Crippen LogP contribution in [0.3, 0.4) is 0 Å². The Bertz CT molecular complexity index is 629. The summed E-state index contributed by atoms with van der Waals surface area (Å²) < 4.78 is 5.61. The minimum Gasteiger partial charge on any atom is -0.478 e. The van der Waals surface area contributed by atoms with Gasteiger partial charge in [0.1, 0.15) is 5.75 Å². The van der Waals surface area contributed by atoms with E-state index >= 15 is 0 Å². The Morgan fingerprint density at radius 2 is 1.71 bits per heavy atom. The SMILES string of the molecule is Cc1ccc(O[C@@H](Cc2ccc(C)c(C)c2)C(=O)O)cc1. The number of aliphatic carboxylic acids is 1. The number of carbonyl (C=O) groups is 1. The van der Waals surface area contributed by atoms with Crippen molar-refractivity contribution in [3.63, 3.8) is 0 Å². The van der Waals surface area contributed by atoms with Gasteiger partial charge in [0.25, 0.3) is 0 Å². The summed E-state index contributed by atoms with van der Waals surface area (Å²) in [5.74, 6) is -0.370. The van der Waals surface area contributed by atoms with Crippen molar-refractivity contribution in [1.82, 2.24) is 0 Å². The average Bonchev–Trinajstić information content (AvgIpc) is 2.44. The van der Waals surface area contributed by atoms with Gasteiger partial charge in [0.2, 0.25) is 0 Å². The zero-order valence-electron chi connectivity index (χ0n) is 12.6. The number of benzene rings is 2. The molecule has 0 aromatic heterocycles. The summed E-state index contributed by atoms with van der Waals surface area (Å²) in [6.45, 7) is 6.04. The summed E-state index contributed by atoms with van der Waals surface area (Å²) >= 11 is 0. The molecular weight excluding hydrogens is 264 g/mol. The van der Waals surface area contributed by atoms with Crippen molar-refractivity contribution >= 4 is 5.97 Å². The Labute approximate surface area is 125 Å². The molecule has 2 rings (SSSR count). The van der Waals surface area contributed by atoms with Crippen molar-refractivity contribution in [1.29, 1.82) is 0 Å². The smallest absolute Gasteiger partial charge is 0.345 e. The number of hydrogen-bond donors (Lipinski definition) is 1. The Kier molecular flexibility index (Phi) is 4.63. The van der Waals surface area contributed by atoms with Crippen LogP contribution in [-0.2, 0) is 11.2 Å². The molecule has 2 aromatic carbocycles. The fraction of sp³-hybridized carbons (Fsp3) is 0.278. The minimum atomic E-state index is -0.950. The van der Waals surface area contributed by atoms with Gasteiger partial charge in [-0.3, -0.25) is 0 Å². The van der Waals surface area contributed by atoms with E-state index in [4.69, 9.17) is 4.74 Å². The molecule has 0 amide bonds. The van der Waals surface area contributed by atoms with Gasteiger partial charge in [-0.2, -0.15) is 0 Å². The van der Waals surface area contributed by atoms with Gasteiger partial charge >= 0.3 is 5.97 Å². The Morgan fingerprint density at radius 1 is 1.05 bits per heavy atom. The molecule has 110 valence electrons. The zero-order chi connectivity index (χ0) is 15.4. The number of rotatable bonds is 5. The molecule has 0 spiro atoms. The summed E-state index contributed by atoms with van der Waals surface area (Å²) in [6.07, 6.45) is -0.528. The lowest BCUT2D eigenvalue weighted by Gasteiger charge is -2.16. The average molecular weight is 284 g/mol. The van der Waals surface area contributed by atoms with E-state index in [0.717, 1.165) is 16.7 Å². The van der Waals surface area contributed by atoms with Crippen LogP contribution in [-0.4, -0.2) is 17.2 Å². The normalized spacial score (nSPS) is 12.0. The highest BCUT2D eigenvalue weighted by atomic mass is 16.5. The van der Waals surface area contributed by atoms with Gasteiger partial charge in [0.05, 0.1) is 0 Å². The van der Waals surface area contributed by atoms with Gasteiger partial charge in [0.15, 0.2) is 6.10 Å². The molecule has 3 heteroatoms. The van der Waals surface area contributed by atoms with E-state index in [1.54, 1.807) is 12.1 Å². The summed E-state index contributed by atoms with van der Waals surface area (Å²) in [6, 6.07) is 13.4. The first-order valence-electron chi connectivity index (χ1n) is 6.98. The number of carboxylic acids is 1. The standard InChI is InChI=1S/C18H20O3/c1-12-4-8-16(9-5-12)21-17(18(19)20)11-15-7-6-13(2)14(3)10-15/h4-10,17H,11H2,1-3H3,(H,19,20)/t17-/m0/s1. The Morgan fingerprint density at radius 3 is 2.29 bits per heavy atom. The first-order valence-corrected chi connectivity index (χ1v) is 6.98. The van der Waals surface area contributed by atoms with Crippen LogP contribution in [0.25, 0.3) is 0 Å².